The van der Waals surface area contributed by atoms with Gasteiger partial charge in [0.25, 0.3) is 11.8 Å². The van der Waals surface area contributed by atoms with Gasteiger partial charge in [0.1, 0.15) is 18.1 Å². The number of hydrogen-bond acceptors (Lipinski definition) is 7. The van der Waals surface area contributed by atoms with Crippen LogP contribution in [0.3, 0.4) is 0 Å². The highest BCUT2D eigenvalue weighted by Crippen LogP contribution is 2.65. The van der Waals surface area contributed by atoms with E-state index in [0.717, 1.165) is 9.78 Å². The maximum Gasteiger partial charge on any atom is 0.254 e. The Morgan fingerprint density at radius 3 is 2.51 bits per heavy atom. The van der Waals surface area contributed by atoms with Gasteiger partial charge >= 0.3 is 0 Å². The average Bonchev–Trinajstić information content (AvgIpc) is 3.64. The number of hydrogen-bond donors (Lipinski definition) is 1. The number of aliphatic hydroxyl groups excluding tert-OH is 1. The number of likely N-dealkylation sites (tertiary alicyclic amines) is 2. The summed E-state index contributed by atoms with van der Waals surface area (Å²) in [6, 6.07) is 6.91. The summed E-state index contributed by atoms with van der Waals surface area (Å²) in [4.78, 5) is 53.7. The molecule has 1 saturated carbocycles. The van der Waals surface area contributed by atoms with Crippen LogP contribution in [0.25, 0.3) is 0 Å². The van der Waals surface area contributed by atoms with E-state index in [1.165, 1.54) is 16.2 Å². The van der Waals surface area contributed by atoms with Crippen LogP contribution in [0.5, 0.6) is 0 Å². The molecule has 0 radical (unpaired) electrons. The minimum absolute atomic E-state index is 0.0743. The van der Waals surface area contributed by atoms with Crippen LogP contribution in [-0.2, 0) is 32.3 Å². The number of furan rings is 1. The van der Waals surface area contributed by atoms with Gasteiger partial charge in [-0.2, -0.15) is 0 Å². The molecule has 6 atom stereocenters. The van der Waals surface area contributed by atoms with E-state index in [2.05, 4.69) is 15.9 Å². The van der Waals surface area contributed by atoms with Gasteiger partial charge in [-0.15, -0.1) is 34.5 Å². The van der Waals surface area contributed by atoms with Gasteiger partial charge in [0.05, 0.1) is 29.8 Å². The summed E-state index contributed by atoms with van der Waals surface area (Å²) in [5.74, 6) is -4.25. The van der Waals surface area contributed by atoms with E-state index < -0.39 is 45.2 Å². The quantitative estimate of drug-likeness (QED) is 0.234. The zero-order valence-corrected chi connectivity index (χ0v) is 23.1. The molecule has 1 N–H and O–H groups in total. The normalized spacial score (nSPS) is 35.1. The van der Waals surface area contributed by atoms with Crippen LogP contribution in [-0.4, -0.2) is 53.7 Å². The maximum atomic E-state index is 13.7. The number of imide groups is 2. The lowest BCUT2D eigenvalue weighted by molar-refractivity contribution is -0.141. The van der Waals surface area contributed by atoms with Gasteiger partial charge in [0, 0.05) is 4.88 Å². The molecule has 2 aromatic rings. The van der Waals surface area contributed by atoms with Crippen LogP contribution in [0.1, 0.15) is 35.2 Å². The number of rotatable bonds is 5. The smallest absolute Gasteiger partial charge is 0.254 e. The largest absolute Gasteiger partial charge is 0.463 e. The van der Waals surface area contributed by atoms with Crippen molar-refractivity contribution in [2.24, 2.45) is 17.8 Å². The SMILES string of the molecule is O=C1[C@H]2[C@H](CC=C3[C@H]2C[C@@]2(Cl)C(=O)N(CBr)C(=O)[C@@]2(Cl)[C@H]3c2ccc(CO)o2)C(=O)N1Cc1cccs1. The molecule has 3 fully saturated rings. The van der Waals surface area contributed by atoms with E-state index >= 15 is 0 Å². The lowest BCUT2D eigenvalue weighted by Crippen LogP contribution is -2.60. The van der Waals surface area contributed by atoms with Crippen molar-refractivity contribution in [1.29, 1.82) is 0 Å². The molecule has 2 aliphatic heterocycles. The molecule has 0 unspecified atom stereocenters. The molecule has 8 nitrogen and oxygen atoms in total. The number of aliphatic hydroxyl groups is 1. The summed E-state index contributed by atoms with van der Waals surface area (Å²) < 4.78 is 5.85. The van der Waals surface area contributed by atoms with E-state index in [-0.39, 0.29) is 48.4 Å². The molecule has 6 rings (SSSR count). The van der Waals surface area contributed by atoms with Crippen LogP contribution < -0.4 is 0 Å². The van der Waals surface area contributed by atoms with Gasteiger partial charge in [-0.1, -0.05) is 33.6 Å². The summed E-state index contributed by atoms with van der Waals surface area (Å²) in [7, 11) is 0. The third-order valence-electron chi connectivity index (χ3n) is 8.12. The fraction of sp³-hybridized carbons (Fsp3) is 0.440. The van der Waals surface area contributed by atoms with Crippen molar-refractivity contribution >= 4 is 74.1 Å². The molecular weight excluding hydrogens is 607 g/mol. The van der Waals surface area contributed by atoms with Crippen molar-refractivity contribution < 1.29 is 28.7 Å². The number of halogens is 3. The second-order valence-corrected chi connectivity index (χ2v) is 12.6. The van der Waals surface area contributed by atoms with Crippen molar-refractivity contribution in [3.63, 3.8) is 0 Å². The molecule has 0 bridgehead atoms. The van der Waals surface area contributed by atoms with Gasteiger partial charge in [0.2, 0.25) is 11.8 Å². The molecule has 2 saturated heterocycles. The average molecular weight is 628 g/mol. The van der Waals surface area contributed by atoms with Crippen molar-refractivity contribution in [2.45, 2.75) is 41.7 Å². The third-order valence-corrected chi connectivity index (χ3v) is 10.9. The highest BCUT2D eigenvalue weighted by molar-refractivity contribution is 9.09. The van der Waals surface area contributed by atoms with E-state index in [4.69, 9.17) is 27.6 Å². The molecule has 4 amide bonds. The second kappa shape index (κ2) is 8.77. The van der Waals surface area contributed by atoms with E-state index in [9.17, 15) is 24.3 Å². The number of amides is 4. The summed E-state index contributed by atoms with van der Waals surface area (Å²) >= 11 is 18.9. The Hall–Kier alpha value is -1.98. The molecule has 194 valence electrons. The Bertz CT molecular complexity index is 1360. The number of alkyl halides is 3. The van der Waals surface area contributed by atoms with Crippen molar-refractivity contribution in [1.82, 2.24) is 9.80 Å². The maximum absolute atomic E-state index is 13.7. The first-order valence-corrected chi connectivity index (χ1v) is 14.5. The third kappa shape index (κ3) is 3.29. The fourth-order valence-corrected chi connectivity index (χ4v) is 8.58. The number of carbonyl (C=O) groups is 4. The molecule has 2 aromatic heterocycles. The number of nitrogens with zero attached hydrogens (tertiary/aromatic N) is 2. The number of allylic oxidation sites excluding steroid dienone is 2. The van der Waals surface area contributed by atoms with Crippen LogP contribution >= 0.6 is 50.5 Å². The zero-order chi connectivity index (χ0) is 26.3. The van der Waals surface area contributed by atoms with Gasteiger partial charge in [0.15, 0.2) is 9.75 Å². The highest BCUT2D eigenvalue weighted by Gasteiger charge is 2.76. The molecule has 4 heterocycles. The molecule has 12 heteroatoms. The Morgan fingerprint density at radius 1 is 1.08 bits per heavy atom. The number of thiophene rings is 1. The van der Waals surface area contributed by atoms with Crippen molar-refractivity contribution in [3.05, 3.63) is 57.7 Å². The molecule has 4 aliphatic rings. The molecular formula is C25H21BrCl2N2O6S. The number of fused-ring (bicyclic) bond motifs is 4. The minimum atomic E-state index is -1.92. The molecule has 0 spiro atoms. The Kier molecular flexibility index (Phi) is 6.00. The Labute approximate surface area is 234 Å². The number of carbonyl (C=O) groups excluding carboxylic acids is 4. The summed E-state index contributed by atoms with van der Waals surface area (Å²) in [5.41, 5.74) is 0.561. The first-order chi connectivity index (χ1) is 17.7. The lowest BCUT2D eigenvalue weighted by Gasteiger charge is -2.49. The standard InChI is InChI=1S/C25H21BrCl2N2O6S/c26-11-30-22(34)24(27)8-16-14(19(25(24,28)23(30)35)17-6-3-12(10-31)36-17)4-5-15-18(16)21(33)29(20(15)32)9-13-2-1-7-37-13/h1-4,6-7,15-16,18-19,31H,5,8-11H2/t15-,16+,18-,19+,24+,25-/m0/s1. The van der Waals surface area contributed by atoms with Crippen molar-refractivity contribution in [2.75, 3.05) is 5.45 Å². The van der Waals surface area contributed by atoms with Gasteiger partial charge < -0.3 is 9.52 Å². The monoisotopic (exact) mass is 626 g/mol. The second-order valence-electron chi connectivity index (χ2n) is 9.79. The lowest BCUT2D eigenvalue weighted by atomic mass is 9.57. The van der Waals surface area contributed by atoms with E-state index in [0.29, 0.717) is 12.0 Å². The Balaban J connectivity index is 1.48. The predicted octanol–water partition coefficient (Wildman–Crippen LogP) is 3.74. The first-order valence-electron chi connectivity index (χ1n) is 11.7. The minimum Gasteiger partial charge on any atom is -0.463 e. The van der Waals surface area contributed by atoms with Gasteiger partial charge in [-0.3, -0.25) is 29.0 Å². The van der Waals surface area contributed by atoms with E-state index in [1.54, 1.807) is 12.1 Å². The summed E-state index contributed by atoms with van der Waals surface area (Å²) in [6.45, 7) is -0.182. The van der Waals surface area contributed by atoms with Gasteiger partial charge in [-0.25, -0.2) is 0 Å². The van der Waals surface area contributed by atoms with Crippen LogP contribution in [0.4, 0.5) is 0 Å². The van der Waals surface area contributed by atoms with Crippen LogP contribution in [0, 0.1) is 17.8 Å². The fourth-order valence-electron chi connectivity index (χ4n) is 6.48. The highest BCUT2D eigenvalue weighted by atomic mass is 79.9. The molecule has 2 aliphatic carbocycles. The molecule has 37 heavy (non-hydrogen) atoms. The van der Waals surface area contributed by atoms with Crippen LogP contribution in [0.15, 0.2) is 45.7 Å². The zero-order valence-electron chi connectivity index (χ0n) is 19.2. The van der Waals surface area contributed by atoms with Crippen LogP contribution in [0.2, 0.25) is 0 Å². The summed E-state index contributed by atoms with van der Waals surface area (Å²) in [5, 5.41) is 11.5. The summed E-state index contributed by atoms with van der Waals surface area (Å²) in [6.07, 6.45) is 2.07. The van der Waals surface area contributed by atoms with Crippen molar-refractivity contribution in [3.8, 4) is 0 Å². The van der Waals surface area contributed by atoms with Gasteiger partial charge in [-0.05, 0) is 42.3 Å². The molecule has 0 aromatic carbocycles. The first kappa shape index (κ1) is 25.3. The Morgan fingerprint density at radius 2 is 1.86 bits per heavy atom. The van der Waals surface area contributed by atoms with E-state index in [1.807, 2.05) is 23.6 Å². The predicted molar refractivity (Wildman–Crippen MR) is 138 cm³/mol. The topological polar surface area (TPSA) is 108 Å².